The topological polar surface area (TPSA) is 50.7 Å². The summed E-state index contributed by atoms with van der Waals surface area (Å²) in [6.45, 7) is 4.37. The summed E-state index contributed by atoms with van der Waals surface area (Å²) in [5.74, 6) is -0.323. The maximum atomic E-state index is 13.1. The number of aliphatic hydroxyl groups excluding tert-OH is 1. The molecule has 1 aromatic rings. The molecule has 0 fully saturated rings. The number of aliphatic hydroxyl groups is 1. The molecule has 0 bridgehead atoms. The number of rotatable bonds is 11. The third kappa shape index (κ3) is 8.36. The molecule has 2 N–H and O–H groups in total. The Bertz CT molecular complexity index is 407. The van der Waals surface area contributed by atoms with Gasteiger partial charge in [0.25, 0.3) is 0 Å². The van der Waals surface area contributed by atoms with Crippen LogP contribution in [0, 0.1) is 5.82 Å². The first kappa shape index (κ1) is 18.4. The van der Waals surface area contributed by atoms with Crippen molar-refractivity contribution in [3.8, 4) is 0 Å². The average Bonchev–Trinajstić information content (AvgIpc) is 2.47. The molecule has 0 aliphatic carbocycles. The highest BCUT2D eigenvalue weighted by molar-refractivity contribution is 9.10. The summed E-state index contributed by atoms with van der Waals surface area (Å²) in [6.07, 6.45) is 1.51. The van der Waals surface area contributed by atoms with E-state index < -0.39 is 6.10 Å². The number of anilines is 1. The Balaban J connectivity index is 2.11. The van der Waals surface area contributed by atoms with Crippen molar-refractivity contribution in [1.82, 2.24) is 0 Å². The van der Waals surface area contributed by atoms with Gasteiger partial charge in [-0.15, -0.1) is 0 Å². The van der Waals surface area contributed by atoms with E-state index in [1.165, 1.54) is 12.1 Å². The van der Waals surface area contributed by atoms with E-state index in [9.17, 15) is 9.50 Å². The van der Waals surface area contributed by atoms with E-state index in [1.54, 1.807) is 6.07 Å². The maximum Gasteiger partial charge on any atom is 0.125 e. The number of nitrogens with one attached hydrogen (secondary N) is 1. The van der Waals surface area contributed by atoms with Gasteiger partial charge in [-0.05, 0) is 40.5 Å². The monoisotopic (exact) mass is 363 g/mol. The van der Waals surface area contributed by atoms with Gasteiger partial charge in [0.2, 0.25) is 0 Å². The fourth-order valence-electron chi connectivity index (χ4n) is 1.61. The smallest absolute Gasteiger partial charge is 0.125 e. The SMILES string of the molecule is CCCCOCCOCC(O)CNc1cc(F)ccc1Br. The molecule has 1 unspecified atom stereocenters. The molecular weight excluding hydrogens is 341 g/mol. The van der Waals surface area contributed by atoms with Gasteiger partial charge in [-0.25, -0.2) is 4.39 Å². The molecule has 0 radical (unpaired) electrons. The van der Waals surface area contributed by atoms with Gasteiger partial charge < -0.3 is 19.9 Å². The summed E-state index contributed by atoms with van der Waals surface area (Å²) in [7, 11) is 0. The van der Waals surface area contributed by atoms with Gasteiger partial charge in [0.1, 0.15) is 5.82 Å². The molecule has 0 aromatic heterocycles. The van der Waals surface area contributed by atoms with Crippen LogP contribution in [0.3, 0.4) is 0 Å². The number of hydrogen-bond acceptors (Lipinski definition) is 4. The van der Waals surface area contributed by atoms with E-state index >= 15 is 0 Å². The molecule has 21 heavy (non-hydrogen) atoms. The highest BCUT2D eigenvalue weighted by Gasteiger charge is 2.06. The van der Waals surface area contributed by atoms with Gasteiger partial charge in [0.05, 0.1) is 31.6 Å². The first-order valence-electron chi connectivity index (χ1n) is 7.16. The predicted octanol–water partition coefficient (Wildman–Crippen LogP) is 3.19. The number of ether oxygens (including phenoxy) is 2. The second-order valence-corrected chi connectivity index (χ2v) is 5.55. The molecule has 0 heterocycles. The average molecular weight is 364 g/mol. The molecule has 0 saturated carbocycles. The second-order valence-electron chi connectivity index (χ2n) is 4.70. The zero-order valence-corrected chi connectivity index (χ0v) is 13.9. The first-order valence-corrected chi connectivity index (χ1v) is 7.95. The summed E-state index contributed by atoms with van der Waals surface area (Å²) in [6, 6.07) is 4.36. The molecule has 0 aliphatic heterocycles. The minimum atomic E-state index is -0.657. The van der Waals surface area contributed by atoms with Gasteiger partial charge >= 0.3 is 0 Å². The van der Waals surface area contributed by atoms with Crippen LogP contribution < -0.4 is 5.32 Å². The van der Waals surface area contributed by atoms with Crippen LogP contribution in [0.4, 0.5) is 10.1 Å². The van der Waals surface area contributed by atoms with Crippen molar-refractivity contribution in [3.63, 3.8) is 0 Å². The van der Waals surface area contributed by atoms with Crippen LogP contribution in [0.5, 0.6) is 0 Å². The Morgan fingerprint density at radius 1 is 1.29 bits per heavy atom. The van der Waals surface area contributed by atoms with Crippen LogP contribution in [0.25, 0.3) is 0 Å². The molecule has 0 amide bonds. The maximum absolute atomic E-state index is 13.1. The van der Waals surface area contributed by atoms with Crippen LogP contribution in [-0.4, -0.2) is 44.2 Å². The van der Waals surface area contributed by atoms with Gasteiger partial charge in [0, 0.05) is 17.6 Å². The molecule has 6 heteroatoms. The molecule has 120 valence electrons. The van der Waals surface area contributed by atoms with E-state index in [4.69, 9.17) is 9.47 Å². The Kier molecular flexibility index (Phi) is 9.58. The van der Waals surface area contributed by atoms with Crippen molar-refractivity contribution in [2.75, 3.05) is 38.3 Å². The van der Waals surface area contributed by atoms with Crippen LogP contribution >= 0.6 is 15.9 Å². The van der Waals surface area contributed by atoms with Gasteiger partial charge in [0.15, 0.2) is 0 Å². The normalized spacial score (nSPS) is 12.4. The van der Waals surface area contributed by atoms with Gasteiger partial charge in [-0.3, -0.25) is 0 Å². The Hall–Kier alpha value is -0.690. The minimum Gasteiger partial charge on any atom is -0.389 e. The summed E-state index contributed by atoms with van der Waals surface area (Å²) in [5, 5.41) is 12.7. The third-order valence-electron chi connectivity index (χ3n) is 2.78. The quantitative estimate of drug-likeness (QED) is 0.592. The lowest BCUT2D eigenvalue weighted by atomic mass is 10.3. The van der Waals surface area contributed by atoms with Crippen molar-refractivity contribution in [1.29, 1.82) is 0 Å². The fraction of sp³-hybridized carbons (Fsp3) is 0.600. The molecule has 1 aromatic carbocycles. The van der Waals surface area contributed by atoms with E-state index in [0.717, 1.165) is 23.9 Å². The Morgan fingerprint density at radius 3 is 2.81 bits per heavy atom. The molecule has 0 aliphatic rings. The van der Waals surface area contributed by atoms with Crippen LogP contribution in [0.1, 0.15) is 19.8 Å². The minimum absolute atomic E-state index is 0.219. The zero-order chi connectivity index (χ0) is 15.5. The highest BCUT2D eigenvalue weighted by atomic mass is 79.9. The highest BCUT2D eigenvalue weighted by Crippen LogP contribution is 2.22. The molecule has 0 spiro atoms. The van der Waals surface area contributed by atoms with Crippen molar-refractivity contribution in [3.05, 3.63) is 28.5 Å². The number of halogens is 2. The summed E-state index contributed by atoms with van der Waals surface area (Å²) < 4.78 is 24.5. The van der Waals surface area contributed by atoms with Crippen molar-refractivity contribution >= 4 is 21.6 Å². The molecule has 4 nitrogen and oxygen atoms in total. The molecule has 1 atom stereocenters. The second kappa shape index (κ2) is 11.0. The van der Waals surface area contributed by atoms with Gasteiger partial charge in [-0.2, -0.15) is 0 Å². The molecule has 1 rings (SSSR count). The van der Waals surface area contributed by atoms with Crippen LogP contribution in [-0.2, 0) is 9.47 Å². The lowest BCUT2D eigenvalue weighted by Gasteiger charge is -2.14. The largest absolute Gasteiger partial charge is 0.389 e. The van der Waals surface area contributed by atoms with Crippen LogP contribution in [0.15, 0.2) is 22.7 Å². The summed E-state index contributed by atoms with van der Waals surface area (Å²) >= 11 is 3.32. The first-order chi connectivity index (χ1) is 10.1. The predicted molar refractivity (Wildman–Crippen MR) is 85.1 cm³/mol. The number of hydrogen-bond donors (Lipinski definition) is 2. The zero-order valence-electron chi connectivity index (χ0n) is 12.3. The fourth-order valence-corrected chi connectivity index (χ4v) is 1.99. The van der Waals surface area contributed by atoms with Gasteiger partial charge in [-0.1, -0.05) is 13.3 Å². The number of benzene rings is 1. The molecule has 0 saturated heterocycles. The van der Waals surface area contributed by atoms with Crippen molar-refractivity contribution in [2.45, 2.75) is 25.9 Å². The molecular formula is C15H23BrFNO3. The van der Waals surface area contributed by atoms with Crippen molar-refractivity contribution in [2.24, 2.45) is 0 Å². The van der Waals surface area contributed by atoms with E-state index in [-0.39, 0.29) is 12.4 Å². The number of unbranched alkanes of at least 4 members (excludes halogenated alkanes) is 1. The Labute approximate surface area is 133 Å². The van der Waals surface area contributed by atoms with Crippen LogP contribution in [0.2, 0.25) is 0 Å². The van der Waals surface area contributed by atoms with Crippen molar-refractivity contribution < 1.29 is 19.0 Å². The third-order valence-corrected chi connectivity index (χ3v) is 3.47. The summed E-state index contributed by atoms with van der Waals surface area (Å²) in [5.41, 5.74) is 0.608. The van der Waals surface area contributed by atoms with E-state index in [2.05, 4.69) is 28.2 Å². The van der Waals surface area contributed by atoms with E-state index in [1.807, 2.05) is 0 Å². The lowest BCUT2D eigenvalue weighted by molar-refractivity contribution is 0.00749. The summed E-state index contributed by atoms with van der Waals surface area (Å²) in [4.78, 5) is 0. The standard InChI is InChI=1S/C15H23BrFNO3/c1-2-3-6-20-7-8-21-11-13(19)10-18-15-9-12(17)4-5-14(15)16/h4-5,9,13,18-19H,2-3,6-8,10-11H2,1H3. The Morgan fingerprint density at radius 2 is 2.05 bits per heavy atom. The van der Waals surface area contributed by atoms with E-state index in [0.29, 0.717) is 25.4 Å². The lowest BCUT2D eigenvalue weighted by Crippen LogP contribution is -2.25.